The summed E-state index contributed by atoms with van der Waals surface area (Å²) in [5, 5.41) is 2.94. The minimum Gasteiger partial charge on any atom is -0.385 e. The van der Waals surface area contributed by atoms with Crippen molar-refractivity contribution in [3.63, 3.8) is 0 Å². The normalized spacial score (nSPS) is 11.5. The third kappa shape index (κ3) is 6.88. The molecule has 0 aliphatic carbocycles. The second-order valence-electron chi connectivity index (χ2n) is 6.10. The van der Waals surface area contributed by atoms with Crippen molar-refractivity contribution in [1.29, 1.82) is 0 Å². The van der Waals surface area contributed by atoms with Crippen LogP contribution in [-0.4, -0.2) is 39.7 Å². The van der Waals surface area contributed by atoms with Crippen LogP contribution >= 0.6 is 0 Å². The first kappa shape index (κ1) is 20.4. The quantitative estimate of drug-likeness (QED) is 0.632. The highest BCUT2D eigenvalue weighted by Crippen LogP contribution is 2.17. The monoisotopic (exact) mass is 355 g/mol. The molecule has 0 aliphatic heterocycles. The fraction of sp³-hybridized carbons (Fsp3) is 0.588. The molecule has 6 nitrogen and oxygen atoms in total. The van der Waals surface area contributed by atoms with E-state index in [1.807, 2.05) is 24.3 Å². The lowest BCUT2D eigenvalue weighted by atomic mass is 10.2. The van der Waals surface area contributed by atoms with Gasteiger partial charge in [0.05, 0.1) is 5.25 Å². The van der Waals surface area contributed by atoms with Gasteiger partial charge in [-0.2, -0.15) is 0 Å². The van der Waals surface area contributed by atoms with Gasteiger partial charge >= 0.3 is 0 Å². The second kappa shape index (κ2) is 9.64. The van der Waals surface area contributed by atoms with E-state index in [9.17, 15) is 13.2 Å². The molecule has 1 rings (SSSR count). The first-order valence-corrected chi connectivity index (χ1v) is 9.85. The Bertz CT molecular complexity index is 612. The van der Waals surface area contributed by atoms with Gasteiger partial charge in [0.15, 0.2) is 0 Å². The Labute approximate surface area is 145 Å². The van der Waals surface area contributed by atoms with Gasteiger partial charge in [-0.1, -0.05) is 6.42 Å². The van der Waals surface area contributed by atoms with Crippen molar-refractivity contribution in [3.8, 4) is 0 Å². The number of benzene rings is 1. The maximum atomic E-state index is 11.6. The minimum atomic E-state index is -3.14. The summed E-state index contributed by atoms with van der Waals surface area (Å²) in [6, 6.07) is 7.71. The predicted molar refractivity (Wildman–Crippen MR) is 99.9 cm³/mol. The van der Waals surface area contributed by atoms with Crippen LogP contribution in [0.5, 0.6) is 0 Å². The Kier molecular flexibility index (Phi) is 8.21. The highest BCUT2D eigenvalue weighted by Gasteiger charge is 2.13. The topological polar surface area (TPSA) is 78.5 Å². The molecule has 0 heterocycles. The van der Waals surface area contributed by atoms with E-state index in [2.05, 4.69) is 10.0 Å². The fourth-order valence-corrected chi connectivity index (χ4v) is 2.79. The number of rotatable bonds is 10. The van der Waals surface area contributed by atoms with E-state index < -0.39 is 10.0 Å². The Balaban J connectivity index is 2.21. The molecular formula is C17H29N3O3S. The molecule has 0 unspecified atom stereocenters. The summed E-state index contributed by atoms with van der Waals surface area (Å²) < 4.78 is 25.8. The summed E-state index contributed by atoms with van der Waals surface area (Å²) in [6.07, 6.45) is 2.76. The van der Waals surface area contributed by atoms with E-state index in [0.29, 0.717) is 6.54 Å². The SMILES string of the molecule is CC(=O)N(C)c1ccc(NCCCCCNS(=O)(=O)C(C)C)cc1. The van der Waals surface area contributed by atoms with Gasteiger partial charge in [-0.25, -0.2) is 13.1 Å². The van der Waals surface area contributed by atoms with Crippen LogP contribution in [0.4, 0.5) is 11.4 Å². The number of amides is 1. The maximum absolute atomic E-state index is 11.6. The first-order valence-electron chi connectivity index (χ1n) is 8.30. The zero-order chi connectivity index (χ0) is 18.2. The van der Waals surface area contributed by atoms with Gasteiger partial charge in [-0.15, -0.1) is 0 Å². The zero-order valence-electron chi connectivity index (χ0n) is 15.0. The lowest BCUT2D eigenvalue weighted by Gasteiger charge is -2.15. The van der Waals surface area contributed by atoms with Gasteiger partial charge in [0.1, 0.15) is 0 Å². The van der Waals surface area contributed by atoms with Gasteiger partial charge in [-0.05, 0) is 51.0 Å². The summed E-state index contributed by atoms with van der Waals surface area (Å²) in [4.78, 5) is 12.9. The molecule has 0 radical (unpaired) electrons. The predicted octanol–water partition coefficient (Wildman–Crippen LogP) is 2.58. The van der Waals surface area contributed by atoms with Gasteiger partial charge in [0.25, 0.3) is 0 Å². The molecule has 0 fully saturated rings. The van der Waals surface area contributed by atoms with Gasteiger partial charge in [-0.3, -0.25) is 4.79 Å². The number of unbranched alkanes of at least 4 members (excludes halogenated alkanes) is 2. The van der Waals surface area contributed by atoms with Crippen molar-refractivity contribution >= 4 is 27.3 Å². The molecule has 0 atom stereocenters. The number of hydrogen-bond acceptors (Lipinski definition) is 4. The van der Waals surface area contributed by atoms with Crippen molar-refractivity contribution in [3.05, 3.63) is 24.3 Å². The Morgan fingerprint density at radius 1 is 1.08 bits per heavy atom. The van der Waals surface area contributed by atoms with Crippen LogP contribution in [0.25, 0.3) is 0 Å². The lowest BCUT2D eigenvalue weighted by Crippen LogP contribution is -2.31. The molecular weight excluding hydrogens is 326 g/mol. The van der Waals surface area contributed by atoms with Crippen molar-refractivity contribution in [2.75, 3.05) is 30.4 Å². The molecule has 1 aromatic carbocycles. The molecule has 136 valence electrons. The maximum Gasteiger partial charge on any atom is 0.223 e. The van der Waals surface area contributed by atoms with Crippen molar-refractivity contribution in [2.45, 2.75) is 45.3 Å². The summed E-state index contributed by atoms with van der Waals surface area (Å²) in [6.45, 7) is 6.20. The van der Waals surface area contributed by atoms with Crippen molar-refractivity contribution < 1.29 is 13.2 Å². The lowest BCUT2D eigenvalue weighted by molar-refractivity contribution is -0.116. The average Bonchev–Trinajstić information content (AvgIpc) is 2.53. The van der Waals surface area contributed by atoms with Crippen LogP contribution in [0.15, 0.2) is 24.3 Å². The molecule has 1 aromatic rings. The van der Waals surface area contributed by atoms with Crippen LogP contribution in [0.2, 0.25) is 0 Å². The molecule has 7 heteroatoms. The van der Waals surface area contributed by atoms with Crippen LogP contribution in [0, 0.1) is 0 Å². The van der Waals surface area contributed by atoms with Gasteiger partial charge in [0, 0.05) is 38.4 Å². The van der Waals surface area contributed by atoms with E-state index in [1.54, 1.807) is 25.8 Å². The van der Waals surface area contributed by atoms with Crippen LogP contribution in [0.3, 0.4) is 0 Å². The largest absolute Gasteiger partial charge is 0.385 e. The fourth-order valence-electron chi connectivity index (χ4n) is 2.03. The first-order chi connectivity index (χ1) is 11.2. The Morgan fingerprint density at radius 2 is 1.67 bits per heavy atom. The summed E-state index contributed by atoms with van der Waals surface area (Å²) >= 11 is 0. The number of anilines is 2. The summed E-state index contributed by atoms with van der Waals surface area (Å²) in [7, 11) is -1.40. The number of hydrogen-bond donors (Lipinski definition) is 2. The molecule has 0 bridgehead atoms. The van der Waals surface area contributed by atoms with Crippen LogP contribution < -0.4 is 14.9 Å². The van der Waals surface area contributed by atoms with E-state index in [4.69, 9.17) is 0 Å². The third-order valence-electron chi connectivity index (χ3n) is 3.83. The van der Waals surface area contributed by atoms with E-state index >= 15 is 0 Å². The van der Waals surface area contributed by atoms with E-state index in [-0.39, 0.29) is 11.2 Å². The molecule has 0 spiro atoms. The van der Waals surface area contributed by atoms with Crippen LogP contribution in [-0.2, 0) is 14.8 Å². The number of nitrogens with one attached hydrogen (secondary N) is 2. The summed E-state index contributed by atoms with van der Waals surface area (Å²) in [5.41, 5.74) is 1.88. The van der Waals surface area contributed by atoms with Gasteiger partial charge < -0.3 is 10.2 Å². The second-order valence-corrected chi connectivity index (χ2v) is 8.42. The zero-order valence-corrected chi connectivity index (χ0v) is 15.8. The number of sulfonamides is 1. The highest BCUT2D eigenvalue weighted by molar-refractivity contribution is 7.90. The van der Waals surface area contributed by atoms with Crippen LogP contribution in [0.1, 0.15) is 40.0 Å². The smallest absolute Gasteiger partial charge is 0.223 e. The van der Waals surface area contributed by atoms with Crippen molar-refractivity contribution in [2.24, 2.45) is 0 Å². The van der Waals surface area contributed by atoms with Gasteiger partial charge in [0.2, 0.25) is 15.9 Å². The molecule has 0 aliphatic rings. The molecule has 0 aromatic heterocycles. The molecule has 24 heavy (non-hydrogen) atoms. The molecule has 1 amide bonds. The Morgan fingerprint density at radius 3 is 2.21 bits per heavy atom. The molecule has 2 N–H and O–H groups in total. The molecule has 0 saturated carbocycles. The number of carbonyl (C=O) groups excluding carboxylic acids is 1. The molecule has 0 saturated heterocycles. The van der Waals surface area contributed by atoms with Crippen molar-refractivity contribution in [1.82, 2.24) is 4.72 Å². The Hall–Kier alpha value is -1.60. The van der Waals surface area contributed by atoms with E-state index in [1.165, 1.54) is 6.92 Å². The number of carbonyl (C=O) groups is 1. The highest BCUT2D eigenvalue weighted by atomic mass is 32.2. The summed E-state index contributed by atoms with van der Waals surface area (Å²) in [5.74, 6) is 0.00352. The number of nitrogens with zero attached hydrogens (tertiary/aromatic N) is 1. The average molecular weight is 356 g/mol. The minimum absolute atomic E-state index is 0.00352. The van der Waals surface area contributed by atoms with E-state index in [0.717, 1.165) is 37.2 Å². The third-order valence-corrected chi connectivity index (χ3v) is 5.68. The standard InChI is InChI=1S/C17H29N3O3S/c1-14(2)24(22,23)19-13-7-5-6-12-18-16-8-10-17(11-9-16)20(4)15(3)21/h8-11,14,18-19H,5-7,12-13H2,1-4H3.